The number of carboxylic acids is 1. The first kappa shape index (κ1) is 13.2. The predicted octanol–water partition coefficient (Wildman–Crippen LogP) is 3.56. The Balaban J connectivity index is 1.95. The smallest absolute Gasteiger partial charge is 0.312 e. The molecule has 2 fully saturated rings. The van der Waals surface area contributed by atoms with Crippen molar-refractivity contribution in [2.75, 3.05) is 0 Å². The summed E-state index contributed by atoms with van der Waals surface area (Å²) in [5, 5.41) is 10.8. The first-order valence-corrected chi connectivity index (χ1v) is 7.10. The summed E-state index contributed by atoms with van der Waals surface area (Å²) in [6.07, 6.45) is 2.60. The van der Waals surface area contributed by atoms with Crippen LogP contribution in [0.4, 0.5) is 0 Å². The number of aliphatic carboxylic acids is 1. The number of halogens is 2. The summed E-state index contributed by atoms with van der Waals surface area (Å²) >= 11 is 12.1. The third kappa shape index (κ3) is 2.14. The summed E-state index contributed by atoms with van der Waals surface area (Å²) in [5.74, 6) is -0.796. The van der Waals surface area contributed by atoms with Gasteiger partial charge in [-0.3, -0.25) is 4.79 Å². The maximum absolute atomic E-state index is 11.8. The van der Waals surface area contributed by atoms with E-state index in [1.807, 2.05) is 0 Å². The third-order valence-electron chi connectivity index (χ3n) is 4.26. The van der Waals surface area contributed by atoms with Gasteiger partial charge in [0.15, 0.2) is 0 Å². The zero-order chi connectivity index (χ0) is 13.6. The highest BCUT2D eigenvalue weighted by atomic mass is 35.5. The zero-order valence-electron chi connectivity index (χ0n) is 10.2. The van der Waals surface area contributed by atoms with Gasteiger partial charge >= 0.3 is 5.97 Å². The second-order valence-electron chi connectivity index (χ2n) is 5.40. The summed E-state index contributed by atoms with van der Waals surface area (Å²) in [5.41, 5.74) is -0.0650. The predicted molar refractivity (Wildman–Crippen MR) is 72.7 cm³/mol. The van der Waals surface area contributed by atoms with Crippen molar-refractivity contribution in [2.24, 2.45) is 5.41 Å². The molecule has 0 amide bonds. The molecule has 19 heavy (non-hydrogen) atoms. The van der Waals surface area contributed by atoms with Crippen LogP contribution in [0.5, 0.6) is 0 Å². The Labute approximate surface area is 121 Å². The van der Waals surface area contributed by atoms with Crippen LogP contribution >= 0.6 is 23.2 Å². The van der Waals surface area contributed by atoms with Crippen LogP contribution in [-0.4, -0.2) is 23.3 Å². The van der Waals surface area contributed by atoms with Gasteiger partial charge in [-0.25, -0.2) is 0 Å². The highest BCUT2D eigenvalue weighted by Gasteiger charge is 2.57. The number of hydrogen-bond acceptors (Lipinski definition) is 2. The fourth-order valence-corrected chi connectivity index (χ4v) is 3.68. The van der Waals surface area contributed by atoms with Crippen molar-refractivity contribution in [3.8, 4) is 0 Å². The van der Waals surface area contributed by atoms with Gasteiger partial charge in [0.2, 0.25) is 0 Å². The lowest BCUT2D eigenvalue weighted by Crippen LogP contribution is -2.42. The minimum Gasteiger partial charge on any atom is -0.481 e. The molecule has 0 aromatic heterocycles. The third-order valence-corrected chi connectivity index (χ3v) is 4.86. The Morgan fingerprint density at radius 2 is 2.21 bits per heavy atom. The molecule has 2 bridgehead atoms. The molecule has 2 aliphatic heterocycles. The van der Waals surface area contributed by atoms with E-state index in [0.717, 1.165) is 18.4 Å². The summed E-state index contributed by atoms with van der Waals surface area (Å²) in [4.78, 5) is 11.8. The molecule has 1 aromatic rings. The van der Waals surface area contributed by atoms with Crippen LogP contribution in [0.1, 0.15) is 24.8 Å². The minimum atomic E-state index is -0.850. The lowest BCUT2D eigenvalue weighted by Gasteiger charge is -2.31. The molecule has 2 heterocycles. The summed E-state index contributed by atoms with van der Waals surface area (Å²) in [7, 11) is 0. The lowest BCUT2D eigenvalue weighted by molar-refractivity contribution is -0.152. The molecule has 3 unspecified atom stereocenters. The van der Waals surface area contributed by atoms with E-state index in [9.17, 15) is 9.90 Å². The van der Waals surface area contributed by atoms with Crippen LogP contribution in [0.15, 0.2) is 18.2 Å². The molecule has 0 aliphatic carbocycles. The average Bonchev–Trinajstić information content (AvgIpc) is 2.94. The normalized spacial score (nSPS) is 32.7. The Morgan fingerprint density at radius 1 is 1.42 bits per heavy atom. The van der Waals surface area contributed by atoms with E-state index in [0.29, 0.717) is 22.9 Å². The van der Waals surface area contributed by atoms with Gasteiger partial charge in [-0.1, -0.05) is 23.2 Å². The number of hydrogen-bond donors (Lipinski definition) is 1. The molecule has 2 aliphatic rings. The monoisotopic (exact) mass is 300 g/mol. The molecular formula is C14H14Cl2O3. The van der Waals surface area contributed by atoms with E-state index in [2.05, 4.69) is 0 Å². The maximum Gasteiger partial charge on any atom is 0.312 e. The van der Waals surface area contributed by atoms with E-state index in [1.165, 1.54) is 0 Å². The molecule has 102 valence electrons. The number of carbonyl (C=O) groups is 1. The van der Waals surface area contributed by atoms with E-state index < -0.39 is 11.4 Å². The van der Waals surface area contributed by atoms with Gasteiger partial charge in [-0.2, -0.15) is 0 Å². The van der Waals surface area contributed by atoms with Crippen molar-refractivity contribution in [3.63, 3.8) is 0 Å². The van der Waals surface area contributed by atoms with Crippen molar-refractivity contribution in [3.05, 3.63) is 33.8 Å². The topological polar surface area (TPSA) is 46.5 Å². The van der Waals surface area contributed by atoms with Crippen molar-refractivity contribution < 1.29 is 14.6 Å². The molecule has 0 saturated carbocycles. The molecule has 3 atom stereocenters. The van der Waals surface area contributed by atoms with Gasteiger partial charge in [0.25, 0.3) is 0 Å². The number of ether oxygens (including phenoxy) is 1. The first-order valence-electron chi connectivity index (χ1n) is 6.34. The number of rotatable bonds is 3. The van der Waals surface area contributed by atoms with Crippen molar-refractivity contribution in [2.45, 2.75) is 37.9 Å². The Morgan fingerprint density at radius 3 is 2.79 bits per heavy atom. The molecule has 3 rings (SSSR count). The van der Waals surface area contributed by atoms with Crippen LogP contribution in [0.25, 0.3) is 0 Å². The standard InChI is InChI=1S/C14H14Cl2O3/c15-9-1-3-11(16)8(5-9)6-14(13(17)18)7-10-2-4-12(14)19-10/h1,3,5,10,12H,2,4,6-7H2,(H,17,18). The first-order chi connectivity index (χ1) is 9.01. The quantitative estimate of drug-likeness (QED) is 0.928. The molecule has 0 spiro atoms. The fourth-order valence-electron chi connectivity index (χ4n) is 3.31. The van der Waals surface area contributed by atoms with E-state index in [-0.39, 0.29) is 12.2 Å². The molecular weight excluding hydrogens is 287 g/mol. The van der Waals surface area contributed by atoms with Crippen LogP contribution in [0.2, 0.25) is 10.0 Å². The molecule has 1 N–H and O–H groups in total. The Bertz CT molecular complexity index is 531. The Hall–Kier alpha value is -0.770. The SMILES string of the molecule is O=C(O)C1(Cc2cc(Cl)ccc2Cl)CC2CCC1O2. The maximum atomic E-state index is 11.8. The fraction of sp³-hybridized carbons (Fsp3) is 0.500. The number of fused-ring (bicyclic) bond motifs is 2. The second-order valence-corrected chi connectivity index (χ2v) is 6.25. The van der Waals surface area contributed by atoms with E-state index in [4.69, 9.17) is 27.9 Å². The highest BCUT2D eigenvalue weighted by molar-refractivity contribution is 6.33. The molecule has 1 aromatic carbocycles. The molecule has 2 saturated heterocycles. The molecule has 0 radical (unpaired) electrons. The van der Waals surface area contributed by atoms with Crippen LogP contribution < -0.4 is 0 Å². The second kappa shape index (κ2) is 4.65. The van der Waals surface area contributed by atoms with E-state index in [1.54, 1.807) is 18.2 Å². The summed E-state index contributed by atoms with van der Waals surface area (Å²) in [6.45, 7) is 0. The van der Waals surface area contributed by atoms with Crippen LogP contribution in [0, 0.1) is 5.41 Å². The Kier molecular flexibility index (Phi) is 3.24. The summed E-state index contributed by atoms with van der Waals surface area (Å²) < 4.78 is 5.73. The minimum absolute atomic E-state index is 0.0825. The van der Waals surface area contributed by atoms with Gasteiger partial charge in [0.05, 0.1) is 12.2 Å². The average molecular weight is 301 g/mol. The number of carboxylic acid groups (broad SMARTS) is 1. The summed E-state index contributed by atoms with van der Waals surface area (Å²) in [6, 6.07) is 5.17. The van der Waals surface area contributed by atoms with Gasteiger partial charge < -0.3 is 9.84 Å². The van der Waals surface area contributed by atoms with E-state index >= 15 is 0 Å². The van der Waals surface area contributed by atoms with Crippen LogP contribution in [0.3, 0.4) is 0 Å². The zero-order valence-corrected chi connectivity index (χ0v) is 11.7. The van der Waals surface area contributed by atoms with Crippen molar-refractivity contribution in [1.29, 1.82) is 0 Å². The molecule has 5 heteroatoms. The van der Waals surface area contributed by atoms with Crippen molar-refractivity contribution in [1.82, 2.24) is 0 Å². The van der Waals surface area contributed by atoms with Crippen LogP contribution in [-0.2, 0) is 16.0 Å². The largest absolute Gasteiger partial charge is 0.481 e. The van der Waals surface area contributed by atoms with Gasteiger partial charge in [0, 0.05) is 10.0 Å². The van der Waals surface area contributed by atoms with Gasteiger partial charge in [-0.05, 0) is 49.4 Å². The van der Waals surface area contributed by atoms with Gasteiger partial charge in [0.1, 0.15) is 5.41 Å². The number of benzene rings is 1. The van der Waals surface area contributed by atoms with Gasteiger partial charge in [-0.15, -0.1) is 0 Å². The van der Waals surface area contributed by atoms with Crippen molar-refractivity contribution >= 4 is 29.2 Å². The highest BCUT2D eigenvalue weighted by Crippen LogP contribution is 2.50. The lowest BCUT2D eigenvalue weighted by atomic mass is 9.70. The molecule has 3 nitrogen and oxygen atoms in total.